The largest absolute Gasteiger partial charge is 0.309 e. The normalized spacial score (nSPS) is 11.4. The predicted molar refractivity (Wildman–Crippen MR) is 80.0 cm³/mol. The smallest absolute Gasteiger partial charge is 0.250 e. The van der Waals surface area contributed by atoms with Gasteiger partial charge in [0.15, 0.2) is 11.7 Å². The molecule has 21 heavy (non-hydrogen) atoms. The first kappa shape index (κ1) is 14.9. The van der Waals surface area contributed by atoms with Crippen molar-refractivity contribution in [3.8, 4) is 6.07 Å². The molecule has 2 heterocycles. The van der Waals surface area contributed by atoms with Gasteiger partial charge in [-0.1, -0.05) is 13.0 Å². The highest BCUT2D eigenvalue weighted by molar-refractivity contribution is 7.12. The van der Waals surface area contributed by atoms with Crippen LogP contribution >= 0.6 is 11.3 Å². The highest BCUT2D eigenvalue weighted by Crippen LogP contribution is 2.22. The molecule has 1 amide bonds. The molecular weight excluding hydrogens is 286 g/mol. The molecule has 0 aliphatic rings. The summed E-state index contributed by atoms with van der Waals surface area (Å²) in [6.45, 7) is 1.92. The summed E-state index contributed by atoms with van der Waals surface area (Å²) in [5.41, 5.74) is 0.857. The fraction of sp³-hybridized carbons (Fsp3) is 0.200. The van der Waals surface area contributed by atoms with Crippen LogP contribution in [0.25, 0.3) is 0 Å². The number of aryl methyl sites for hydroxylation is 1. The summed E-state index contributed by atoms with van der Waals surface area (Å²) in [5, 5.41) is 13.4. The van der Waals surface area contributed by atoms with Crippen LogP contribution in [0.3, 0.4) is 0 Å². The van der Waals surface area contributed by atoms with Crippen molar-refractivity contribution < 1.29 is 9.59 Å². The molecule has 2 aromatic rings. The van der Waals surface area contributed by atoms with Gasteiger partial charge >= 0.3 is 0 Å². The average Bonchev–Trinajstić information content (AvgIpc) is 2.97. The number of nitriles is 1. The summed E-state index contributed by atoms with van der Waals surface area (Å²) in [6, 6.07) is 8.63. The van der Waals surface area contributed by atoms with Crippen LogP contribution in [-0.4, -0.2) is 16.7 Å². The van der Waals surface area contributed by atoms with E-state index >= 15 is 0 Å². The van der Waals surface area contributed by atoms with Gasteiger partial charge in [-0.3, -0.25) is 9.59 Å². The van der Waals surface area contributed by atoms with Crippen LogP contribution in [0.2, 0.25) is 0 Å². The van der Waals surface area contributed by atoms with E-state index in [1.807, 2.05) is 13.0 Å². The van der Waals surface area contributed by atoms with E-state index in [1.54, 1.807) is 29.6 Å². The van der Waals surface area contributed by atoms with Crippen LogP contribution in [0.5, 0.6) is 0 Å². The predicted octanol–water partition coefficient (Wildman–Crippen LogP) is 2.67. The third-order valence-electron chi connectivity index (χ3n) is 2.92. The molecule has 1 atom stereocenters. The lowest BCUT2D eigenvalue weighted by molar-refractivity contribution is -0.117. The molecule has 106 valence electrons. The molecule has 0 bridgehead atoms. The van der Waals surface area contributed by atoms with Crippen molar-refractivity contribution >= 4 is 28.8 Å². The number of thiophene rings is 1. The summed E-state index contributed by atoms with van der Waals surface area (Å²) >= 11 is 1.25. The van der Waals surface area contributed by atoms with E-state index in [2.05, 4.69) is 10.3 Å². The molecule has 1 N–H and O–H groups in total. The van der Waals surface area contributed by atoms with Gasteiger partial charge in [-0.25, -0.2) is 4.98 Å². The molecule has 2 rings (SSSR count). The van der Waals surface area contributed by atoms with Gasteiger partial charge in [-0.05, 0) is 35.6 Å². The first-order valence-electron chi connectivity index (χ1n) is 6.39. The summed E-state index contributed by atoms with van der Waals surface area (Å²) in [6.07, 6.45) is 2.21. The number of anilines is 1. The van der Waals surface area contributed by atoms with E-state index < -0.39 is 17.6 Å². The number of amides is 1. The number of hydrogen-bond acceptors (Lipinski definition) is 5. The van der Waals surface area contributed by atoms with Gasteiger partial charge < -0.3 is 5.32 Å². The minimum Gasteiger partial charge on any atom is -0.309 e. The van der Waals surface area contributed by atoms with Gasteiger partial charge in [0.2, 0.25) is 0 Å². The molecule has 0 fully saturated rings. The van der Waals surface area contributed by atoms with E-state index in [0.717, 1.165) is 5.56 Å². The fourth-order valence-corrected chi connectivity index (χ4v) is 2.80. The Bertz CT molecular complexity index is 688. The minimum atomic E-state index is -1.36. The van der Waals surface area contributed by atoms with E-state index in [4.69, 9.17) is 5.26 Å². The molecule has 0 saturated heterocycles. The zero-order valence-electron chi connectivity index (χ0n) is 11.4. The van der Waals surface area contributed by atoms with E-state index in [0.29, 0.717) is 17.1 Å². The van der Waals surface area contributed by atoms with Crippen LogP contribution in [0.4, 0.5) is 5.82 Å². The third kappa shape index (κ3) is 3.33. The van der Waals surface area contributed by atoms with Crippen LogP contribution in [0, 0.1) is 17.2 Å². The Hall–Kier alpha value is -2.52. The molecule has 0 saturated carbocycles. The number of carbonyl (C=O) groups excluding carboxylic acids is 2. The number of rotatable bonds is 5. The molecule has 0 aliphatic carbocycles. The number of hydrogen-bond donors (Lipinski definition) is 1. The maximum atomic E-state index is 12.4. The minimum absolute atomic E-state index is 0.317. The summed E-state index contributed by atoms with van der Waals surface area (Å²) in [7, 11) is 0. The first-order chi connectivity index (χ1) is 10.2. The summed E-state index contributed by atoms with van der Waals surface area (Å²) in [5.74, 6) is -2.16. The average molecular weight is 299 g/mol. The van der Waals surface area contributed by atoms with Gasteiger partial charge in [-0.2, -0.15) is 5.26 Å². The lowest BCUT2D eigenvalue weighted by atomic mass is 10.0. The van der Waals surface area contributed by atoms with Crippen LogP contribution in [-0.2, 0) is 11.2 Å². The summed E-state index contributed by atoms with van der Waals surface area (Å²) < 4.78 is 0. The van der Waals surface area contributed by atoms with Crippen LogP contribution < -0.4 is 5.32 Å². The highest BCUT2D eigenvalue weighted by atomic mass is 32.1. The van der Waals surface area contributed by atoms with Crippen molar-refractivity contribution in [2.45, 2.75) is 13.3 Å². The SMILES string of the molecule is CCc1ccsc1C(=O)[C@H](C#N)C(=O)Nc1ccccn1. The molecule has 0 unspecified atom stereocenters. The van der Waals surface area contributed by atoms with Crippen molar-refractivity contribution in [3.63, 3.8) is 0 Å². The van der Waals surface area contributed by atoms with Crippen molar-refractivity contribution in [3.05, 3.63) is 46.3 Å². The molecular formula is C15H13N3O2S. The number of Topliss-reactive ketones (excluding diaryl/α,β-unsaturated/α-hetero) is 1. The maximum absolute atomic E-state index is 12.4. The first-order valence-corrected chi connectivity index (χ1v) is 7.27. The molecule has 0 radical (unpaired) electrons. The molecule has 0 aliphatic heterocycles. The Morgan fingerprint density at radius 3 is 2.86 bits per heavy atom. The topological polar surface area (TPSA) is 82.8 Å². The molecule has 0 spiro atoms. The highest BCUT2D eigenvalue weighted by Gasteiger charge is 2.29. The maximum Gasteiger partial charge on any atom is 0.250 e. The van der Waals surface area contributed by atoms with E-state index in [9.17, 15) is 9.59 Å². The fourth-order valence-electron chi connectivity index (χ4n) is 1.83. The van der Waals surface area contributed by atoms with E-state index in [-0.39, 0.29) is 0 Å². The number of pyridine rings is 1. The second-order valence-corrected chi connectivity index (χ2v) is 5.18. The van der Waals surface area contributed by atoms with Gasteiger partial charge in [-0.15, -0.1) is 11.3 Å². The summed E-state index contributed by atoms with van der Waals surface area (Å²) in [4.78, 5) is 28.9. The van der Waals surface area contributed by atoms with E-state index in [1.165, 1.54) is 17.5 Å². The number of nitrogens with one attached hydrogen (secondary N) is 1. The standard InChI is InChI=1S/C15H13N3O2S/c1-2-10-6-8-21-14(10)13(19)11(9-16)15(20)18-12-5-3-4-7-17-12/h3-8,11H,2H2,1H3,(H,17,18,20)/t11-/m0/s1. The van der Waals surface area contributed by atoms with Crippen LogP contribution in [0.1, 0.15) is 22.2 Å². The number of nitrogens with zero attached hydrogens (tertiary/aromatic N) is 2. The van der Waals surface area contributed by atoms with Gasteiger partial charge in [0.1, 0.15) is 5.82 Å². The number of carbonyl (C=O) groups is 2. The molecule has 5 nitrogen and oxygen atoms in total. The van der Waals surface area contributed by atoms with Crippen molar-refractivity contribution in [1.29, 1.82) is 5.26 Å². The second kappa shape index (κ2) is 6.77. The number of ketones is 1. The Morgan fingerprint density at radius 2 is 2.24 bits per heavy atom. The lowest BCUT2D eigenvalue weighted by Crippen LogP contribution is -2.29. The quantitative estimate of drug-likeness (QED) is 0.679. The van der Waals surface area contributed by atoms with Gasteiger partial charge in [0, 0.05) is 6.20 Å². The van der Waals surface area contributed by atoms with Crippen molar-refractivity contribution in [2.75, 3.05) is 5.32 Å². The Morgan fingerprint density at radius 1 is 1.43 bits per heavy atom. The molecule has 6 heteroatoms. The Kier molecular flexibility index (Phi) is 4.80. The zero-order valence-corrected chi connectivity index (χ0v) is 12.2. The Labute approximate surface area is 126 Å². The monoisotopic (exact) mass is 299 g/mol. The van der Waals surface area contributed by atoms with Crippen molar-refractivity contribution in [1.82, 2.24) is 4.98 Å². The van der Waals surface area contributed by atoms with Crippen LogP contribution in [0.15, 0.2) is 35.8 Å². The molecule has 2 aromatic heterocycles. The molecule has 0 aromatic carbocycles. The van der Waals surface area contributed by atoms with Gasteiger partial charge in [0.05, 0.1) is 10.9 Å². The third-order valence-corrected chi connectivity index (χ3v) is 3.89. The zero-order chi connectivity index (χ0) is 15.2. The Balaban J connectivity index is 2.18. The van der Waals surface area contributed by atoms with Crippen molar-refractivity contribution in [2.24, 2.45) is 5.92 Å². The van der Waals surface area contributed by atoms with Gasteiger partial charge in [0.25, 0.3) is 5.91 Å². The number of aromatic nitrogens is 1. The second-order valence-electron chi connectivity index (χ2n) is 4.26. The lowest BCUT2D eigenvalue weighted by Gasteiger charge is -2.09.